The van der Waals surface area contributed by atoms with Crippen molar-refractivity contribution in [2.24, 2.45) is 34.0 Å². The number of hydrogen-bond donors (Lipinski definition) is 3. The Morgan fingerprint density at radius 1 is 1.21 bits per heavy atom. The predicted octanol–water partition coefficient (Wildman–Crippen LogP) is 0.946. The molecule has 0 aromatic heterocycles. The van der Waals surface area contributed by atoms with Crippen molar-refractivity contribution >= 4 is 11.8 Å². The molecule has 2 aliphatic heterocycles. The molecule has 6 fully saturated rings. The van der Waals surface area contributed by atoms with Crippen LogP contribution in [0.15, 0.2) is 12.2 Å². The van der Waals surface area contributed by atoms with Crippen molar-refractivity contribution in [2.45, 2.75) is 70.6 Å². The van der Waals surface area contributed by atoms with Crippen LogP contribution in [-0.2, 0) is 19.1 Å². The van der Waals surface area contributed by atoms with Crippen LogP contribution in [0.2, 0.25) is 0 Å². The van der Waals surface area contributed by atoms with Gasteiger partial charge in [0.25, 0.3) is 0 Å². The number of hydrogen-bond acceptors (Lipinski definition) is 7. The van der Waals surface area contributed by atoms with Crippen LogP contribution < -0.4 is 0 Å². The molecule has 6 rings (SSSR count). The summed E-state index contributed by atoms with van der Waals surface area (Å²) in [4.78, 5) is 25.5. The zero-order chi connectivity index (χ0) is 21.1. The first-order chi connectivity index (χ1) is 13.5. The largest absolute Gasteiger partial charge is 0.462 e. The van der Waals surface area contributed by atoms with Crippen molar-refractivity contribution < 1.29 is 34.4 Å². The molecule has 4 aliphatic carbocycles. The number of ketones is 1. The number of aliphatic hydroxyl groups excluding tert-OH is 2. The van der Waals surface area contributed by atoms with E-state index >= 15 is 0 Å². The molecule has 0 amide bonds. The van der Waals surface area contributed by atoms with Crippen molar-refractivity contribution in [3.8, 4) is 0 Å². The monoisotopic (exact) mass is 406 g/mol. The number of carbonyl (C=O) groups excluding carboxylic acids is 2. The van der Waals surface area contributed by atoms with Gasteiger partial charge in [-0.2, -0.15) is 0 Å². The molecule has 2 unspecified atom stereocenters. The van der Waals surface area contributed by atoms with Crippen LogP contribution in [0, 0.1) is 34.0 Å². The van der Waals surface area contributed by atoms with Crippen LogP contribution in [0.1, 0.15) is 46.5 Å². The minimum absolute atomic E-state index is 0.0795. The summed E-state index contributed by atoms with van der Waals surface area (Å²) in [6, 6.07) is 0. The summed E-state index contributed by atoms with van der Waals surface area (Å²) in [5.41, 5.74) is -2.60. The van der Waals surface area contributed by atoms with E-state index in [2.05, 4.69) is 6.58 Å². The van der Waals surface area contributed by atoms with Gasteiger partial charge in [0.2, 0.25) is 5.79 Å². The smallest absolute Gasteiger partial charge is 0.302 e. The molecule has 0 radical (unpaired) electrons. The lowest BCUT2D eigenvalue weighted by molar-refractivity contribution is -0.458. The molecule has 4 bridgehead atoms. The molecular weight excluding hydrogens is 376 g/mol. The second-order valence-electron chi connectivity index (χ2n) is 10.5. The Morgan fingerprint density at radius 3 is 2.55 bits per heavy atom. The first-order valence-electron chi connectivity index (χ1n) is 10.6. The maximum absolute atomic E-state index is 13.5. The third kappa shape index (κ3) is 1.86. The molecule has 0 aromatic rings. The number of Topliss-reactive ketones (excluding diaryl/α,β-unsaturated/α-hetero) is 1. The lowest BCUT2D eigenvalue weighted by Crippen LogP contribution is -2.85. The van der Waals surface area contributed by atoms with Crippen molar-refractivity contribution in [1.29, 1.82) is 0 Å². The molecule has 160 valence electrons. The molecule has 4 saturated carbocycles. The molecule has 9 atom stereocenters. The van der Waals surface area contributed by atoms with Gasteiger partial charge < -0.3 is 24.8 Å². The van der Waals surface area contributed by atoms with Gasteiger partial charge in [0, 0.05) is 24.2 Å². The third-order valence-electron chi connectivity index (χ3n) is 9.16. The molecular formula is C22H30O7. The van der Waals surface area contributed by atoms with E-state index in [9.17, 15) is 24.9 Å². The van der Waals surface area contributed by atoms with E-state index in [1.807, 2.05) is 13.8 Å². The number of fused-ring (bicyclic) bond motifs is 2. The van der Waals surface area contributed by atoms with Gasteiger partial charge in [-0.05, 0) is 42.6 Å². The Hall–Kier alpha value is -1.28. The van der Waals surface area contributed by atoms with Gasteiger partial charge in [-0.1, -0.05) is 20.4 Å². The highest BCUT2D eigenvalue weighted by molar-refractivity contribution is 6.05. The van der Waals surface area contributed by atoms with Crippen LogP contribution in [0.5, 0.6) is 0 Å². The summed E-state index contributed by atoms with van der Waals surface area (Å²) in [5.74, 6) is -4.38. The van der Waals surface area contributed by atoms with Gasteiger partial charge in [0.1, 0.15) is 17.6 Å². The van der Waals surface area contributed by atoms with Crippen LogP contribution in [0.3, 0.4) is 0 Å². The van der Waals surface area contributed by atoms with Crippen molar-refractivity contribution in [3.63, 3.8) is 0 Å². The Labute approximate surface area is 170 Å². The number of ether oxygens (including phenoxy) is 2. The topological polar surface area (TPSA) is 113 Å². The average Bonchev–Trinajstić information content (AvgIpc) is 2.74. The van der Waals surface area contributed by atoms with E-state index in [4.69, 9.17) is 9.47 Å². The maximum atomic E-state index is 13.5. The van der Waals surface area contributed by atoms with Gasteiger partial charge >= 0.3 is 5.97 Å². The highest BCUT2D eigenvalue weighted by Gasteiger charge is 2.87. The van der Waals surface area contributed by atoms with Crippen LogP contribution in [0.25, 0.3) is 0 Å². The Morgan fingerprint density at radius 2 is 1.90 bits per heavy atom. The highest BCUT2D eigenvalue weighted by Crippen LogP contribution is 2.76. The molecule has 2 spiro atoms. The molecule has 3 N–H and O–H groups in total. The maximum Gasteiger partial charge on any atom is 0.302 e. The third-order valence-corrected chi connectivity index (χ3v) is 9.16. The van der Waals surface area contributed by atoms with E-state index < -0.39 is 64.4 Å². The fourth-order valence-corrected chi connectivity index (χ4v) is 8.24. The Balaban J connectivity index is 1.79. The second kappa shape index (κ2) is 5.49. The van der Waals surface area contributed by atoms with Crippen molar-refractivity contribution in [2.75, 3.05) is 6.61 Å². The number of carbonyl (C=O) groups is 2. The van der Waals surface area contributed by atoms with E-state index in [-0.39, 0.29) is 12.0 Å². The molecule has 6 aliphatic rings. The van der Waals surface area contributed by atoms with Gasteiger partial charge in [-0.3, -0.25) is 9.59 Å². The predicted molar refractivity (Wildman–Crippen MR) is 100 cm³/mol. The quantitative estimate of drug-likeness (QED) is 0.439. The Kier molecular flexibility index (Phi) is 3.73. The fraction of sp³-hybridized carbons (Fsp3) is 0.818. The Bertz CT molecular complexity index is 820. The average molecular weight is 406 g/mol. The van der Waals surface area contributed by atoms with Gasteiger partial charge in [-0.15, -0.1) is 0 Å². The normalized spacial score (nSPS) is 54.7. The highest BCUT2D eigenvalue weighted by atomic mass is 16.6. The zero-order valence-electron chi connectivity index (χ0n) is 17.2. The minimum Gasteiger partial charge on any atom is -0.462 e. The summed E-state index contributed by atoms with van der Waals surface area (Å²) < 4.78 is 11.7. The summed E-state index contributed by atoms with van der Waals surface area (Å²) in [7, 11) is 0. The number of esters is 1. The molecule has 2 heterocycles. The van der Waals surface area contributed by atoms with Gasteiger partial charge in [-0.25, -0.2) is 0 Å². The van der Waals surface area contributed by atoms with Crippen LogP contribution in [0.4, 0.5) is 0 Å². The summed E-state index contributed by atoms with van der Waals surface area (Å²) in [5, 5.41) is 34.5. The molecule has 7 nitrogen and oxygen atoms in total. The second-order valence-corrected chi connectivity index (χ2v) is 10.5. The van der Waals surface area contributed by atoms with E-state index in [1.165, 1.54) is 6.92 Å². The molecule has 2 saturated heterocycles. The summed E-state index contributed by atoms with van der Waals surface area (Å²) in [6.07, 6.45) is -0.674. The molecule has 7 heteroatoms. The fourth-order valence-electron chi connectivity index (χ4n) is 8.24. The molecule has 0 aromatic carbocycles. The standard InChI is InChI=1S/C22H30O7/c1-10-12-5-6-13-20-9-28-22(27,21(13,16(10)24)17(12)25)18(26)15(20)19(3,4)8-7-14(20)29-11(2)23/h12-15,17-18,25-27H,1,5-9H2,2-4H3/t12-,13?,14-,15+,17+,18-,20+,21-,22?/m0/s1. The SMILES string of the molecule is C=C1C(=O)[C@@]23C(CC[C@@H]1[C@H]2O)[C@@]12COC3(O)[C@@H](O)[C@@H]1C(C)(C)CC[C@@H]2OC(C)=O. The first kappa shape index (κ1) is 19.7. The summed E-state index contributed by atoms with van der Waals surface area (Å²) in [6.45, 7) is 9.43. The summed E-state index contributed by atoms with van der Waals surface area (Å²) >= 11 is 0. The van der Waals surface area contributed by atoms with E-state index in [0.717, 1.165) is 0 Å². The van der Waals surface area contributed by atoms with Crippen molar-refractivity contribution in [1.82, 2.24) is 0 Å². The lowest BCUT2D eigenvalue weighted by Gasteiger charge is -2.74. The zero-order valence-corrected chi connectivity index (χ0v) is 17.2. The van der Waals surface area contributed by atoms with Crippen molar-refractivity contribution in [3.05, 3.63) is 12.2 Å². The van der Waals surface area contributed by atoms with Crippen LogP contribution in [-0.4, -0.2) is 57.8 Å². The first-order valence-corrected chi connectivity index (χ1v) is 10.6. The van der Waals surface area contributed by atoms with Gasteiger partial charge in [0.15, 0.2) is 5.78 Å². The number of rotatable bonds is 1. The molecule has 29 heavy (non-hydrogen) atoms. The van der Waals surface area contributed by atoms with E-state index in [0.29, 0.717) is 31.3 Å². The lowest BCUT2D eigenvalue weighted by atomic mass is 9.35. The number of aliphatic hydroxyl groups is 3. The van der Waals surface area contributed by atoms with E-state index in [1.54, 1.807) is 0 Å². The van der Waals surface area contributed by atoms with Gasteiger partial charge in [0.05, 0.1) is 12.7 Å². The van der Waals surface area contributed by atoms with Crippen LogP contribution >= 0.6 is 0 Å². The minimum atomic E-state index is -2.19.